The predicted molar refractivity (Wildman–Crippen MR) is 103 cm³/mol. The second kappa shape index (κ2) is 7.60. The van der Waals surface area contributed by atoms with E-state index in [1.54, 1.807) is 18.2 Å². The number of rotatable bonds is 5. The normalized spacial score (nSPS) is 11.9. The van der Waals surface area contributed by atoms with Crippen LogP contribution in [0.1, 0.15) is 17.5 Å². The zero-order valence-electron chi connectivity index (χ0n) is 14.1. The standard InChI is InChI=1S/C21H15ClFN3O/c22-18-12-5-4-11-17(18)20-25-26-21(27-20)19(14-7-2-1-3-8-14)24-16-10-6-9-15(23)13-16/h1-13,19,24H/t19-/m1/s1. The molecule has 0 saturated heterocycles. The molecule has 0 bridgehead atoms. The van der Waals surface area contributed by atoms with E-state index in [0.29, 0.717) is 28.1 Å². The lowest BCUT2D eigenvalue weighted by molar-refractivity contribution is 0.494. The van der Waals surface area contributed by atoms with E-state index in [-0.39, 0.29) is 5.82 Å². The van der Waals surface area contributed by atoms with Gasteiger partial charge in [-0.05, 0) is 35.9 Å². The highest BCUT2D eigenvalue weighted by Crippen LogP contribution is 2.31. The van der Waals surface area contributed by atoms with Gasteiger partial charge >= 0.3 is 0 Å². The number of benzene rings is 3. The molecule has 27 heavy (non-hydrogen) atoms. The summed E-state index contributed by atoms with van der Waals surface area (Å²) in [7, 11) is 0. The quantitative estimate of drug-likeness (QED) is 0.481. The zero-order chi connectivity index (χ0) is 18.6. The molecule has 1 heterocycles. The van der Waals surface area contributed by atoms with Crippen LogP contribution in [0, 0.1) is 5.82 Å². The van der Waals surface area contributed by atoms with Crippen LogP contribution in [-0.2, 0) is 0 Å². The molecule has 0 radical (unpaired) electrons. The fourth-order valence-electron chi connectivity index (χ4n) is 2.77. The van der Waals surface area contributed by atoms with Gasteiger partial charge in [0.05, 0.1) is 10.6 Å². The first-order valence-electron chi connectivity index (χ1n) is 8.36. The first-order valence-corrected chi connectivity index (χ1v) is 8.74. The third-order valence-corrected chi connectivity index (χ3v) is 4.39. The van der Waals surface area contributed by atoms with Crippen molar-refractivity contribution in [3.8, 4) is 11.5 Å². The van der Waals surface area contributed by atoms with Crippen LogP contribution < -0.4 is 5.32 Å². The van der Waals surface area contributed by atoms with Crippen molar-refractivity contribution >= 4 is 17.3 Å². The van der Waals surface area contributed by atoms with E-state index in [2.05, 4.69) is 15.5 Å². The Bertz CT molecular complexity index is 1050. The first kappa shape index (κ1) is 17.2. The minimum absolute atomic E-state index is 0.325. The molecule has 0 aliphatic heterocycles. The second-order valence-corrected chi connectivity index (χ2v) is 6.33. The van der Waals surface area contributed by atoms with Crippen molar-refractivity contribution < 1.29 is 8.81 Å². The summed E-state index contributed by atoms with van der Waals surface area (Å²) in [5.41, 5.74) is 2.19. The molecular formula is C21H15ClFN3O. The molecule has 4 aromatic rings. The van der Waals surface area contributed by atoms with E-state index < -0.39 is 6.04 Å². The van der Waals surface area contributed by atoms with Crippen molar-refractivity contribution in [2.24, 2.45) is 0 Å². The molecule has 0 fully saturated rings. The van der Waals surface area contributed by atoms with Crippen molar-refractivity contribution in [2.45, 2.75) is 6.04 Å². The van der Waals surface area contributed by atoms with Crippen molar-refractivity contribution in [3.05, 3.63) is 101 Å². The first-order chi connectivity index (χ1) is 13.2. The SMILES string of the molecule is Fc1cccc(N[C@H](c2ccccc2)c2nnc(-c3ccccc3Cl)o2)c1. The van der Waals surface area contributed by atoms with Gasteiger partial charge in [0.15, 0.2) is 0 Å². The Morgan fingerprint density at radius 2 is 1.67 bits per heavy atom. The third-order valence-electron chi connectivity index (χ3n) is 4.06. The summed E-state index contributed by atoms with van der Waals surface area (Å²) < 4.78 is 19.5. The maximum atomic E-state index is 13.6. The van der Waals surface area contributed by atoms with Gasteiger partial charge in [-0.25, -0.2) is 4.39 Å². The van der Waals surface area contributed by atoms with E-state index >= 15 is 0 Å². The molecule has 0 amide bonds. The molecule has 134 valence electrons. The fourth-order valence-corrected chi connectivity index (χ4v) is 2.99. The van der Waals surface area contributed by atoms with Crippen molar-refractivity contribution in [3.63, 3.8) is 0 Å². The average molecular weight is 380 g/mol. The van der Waals surface area contributed by atoms with Crippen LogP contribution in [0.25, 0.3) is 11.5 Å². The molecule has 4 rings (SSSR count). The molecule has 4 nitrogen and oxygen atoms in total. The Kier molecular flexibility index (Phi) is 4.85. The predicted octanol–water partition coefficient (Wildman–Crippen LogP) is 5.73. The summed E-state index contributed by atoms with van der Waals surface area (Å²) in [6.45, 7) is 0. The summed E-state index contributed by atoms with van der Waals surface area (Å²) >= 11 is 6.23. The smallest absolute Gasteiger partial charge is 0.249 e. The number of anilines is 1. The molecule has 0 unspecified atom stereocenters. The highest BCUT2D eigenvalue weighted by molar-refractivity contribution is 6.33. The van der Waals surface area contributed by atoms with Gasteiger partial charge < -0.3 is 9.73 Å². The molecule has 1 atom stereocenters. The minimum atomic E-state index is -0.434. The molecular weight excluding hydrogens is 365 g/mol. The Balaban J connectivity index is 1.72. The topological polar surface area (TPSA) is 51.0 Å². The van der Waals surface area contributed by atoms with Crippen LogP contribution >= 0.6 is 11.6 Å². The highest BCUT2D eigenvalue weighted by atomic mass is 35.5. The number of nitrogens with one attached hydrogen (secondary N) is 1. The van der Waals surface area contributed by atoms with Crippen molar-refractivity contribution in [2.75, 3.05) is 5.32 Å². The van der Waals surface area contributed by atoms with E-state index in [0.717, 1.165) is 5.56 Å². The number of aromatic nitrogens is 2. The van der Waals surface area contributed by atoms with E-state index in [1.807, 2.05) is 48.5 Å². The summed E-state index contributed by atoms with van der Waals surface area (Å²) in [6, 6.07) is 22.7. The molecule has 1 aromatic heterocycles. The second-order valence-electron chi connectivity index (χ2n) is 5.92. The number of hydrogen-bond donors (Lipinski definition) is 1. The molecule has 6 heteroatoms. The average Bonchev–Trinajstić information content (AvgIpc) is 3.17. The molecule has 0 spiro atoms. The Hall–Kier alpha value is -3.18. The third kappa shape index (κ3) is 3.83. The minimum Gasteiger partial charge on any atom is -0.418 e. The van der Waals surface area contributed by atoms with Gasteiger partial charge in [0.25, 0.3) is 0 Å². The van der Waals surface area contributed by atoms with E-state index in [4.69, 9.17) is 16.0 Å². The Morgan fingerprint density at radius 3 is 2.44 bits per heavy atom. The largest absolute Gasteiger partial charge is 0.418 e. The molecule has 1 N–H and O–H groups in total. The summed E-state index contributed by atoms with van der Waals surface area (Å²) in [5, 5.41) is 12.1. The van der Waals surface area contributed by atoms with Crippen molar-refractivity contribution in [1.82, 2.24) is 10.2 Å². The van der Waals surface area contributed by atoms with E-state index in [9.17, 15) is 4.39 Å². The summed E-state index contributed by atoms with van der Waals surface area (Å²) in [5.74, 6) is 0.368. The molecule has 3 aromatic carbocycles. The van der Waals surface area contributed by atoms with Gasteiger partial charge in [0.2, 0.25) is 11.8 Å². The Labute approximate surface area is 160 Å². The Morgan fingerprint density at radius 1 is 0.889 bits per heavy atom. The van der Waals surface area contributed by atoms with Crippen molar-refractivity contribution in [1.29, 1.82) is 0 Å². The van der Waals surface area contributed by atoms with Crippen LogP contribution in [0.5, 0.6) is 0 Å². The maximum absolute atomic E-state index is 13.6. The van der Waals surface area contributed by atoms with Gasteiger partial charge in [-0.1, -0.05) is 60.1 Å². The maximum Gasteiger partial charge on any atom is 0.249 e. The lowest BCUT2D eigenvalue weighted by Gasteiger charge is -2.17. The molecule has 0 aliphatic rings. The van der Waals surface area contributed by atoms with E-state index in [1.165, 1.54) is 12.1 Å². The number of hydrogen-bond acceptors (Lipinski definition) is 4. The van der Waals surface area contributed by atoms with Gasteiger partial charge in [0.1, 0.15) is 11.9 Å². The van der Waals surface area contributed by atoms with Crippen LogP contribution in [-0.4, -0.2) is 10.2 Å². The van der Waals surface area contributed by atoms with Crippen LogP contribution in [0.4, 0.5) is 10.1 Å². The van der Waals surface area contributed by atoms with Crippen LogP contribution in [0.3, 0.4) is 0 Å². The van der Waals surface area contributed by atoms with Gasteiger partial charge in [0, 0.05) is 5.69 Å². The molecule has 0 aliphatic carbocycles. The highest BCUT2D eigenvalue weighted by Gasteiger charge is 2.22. The van der Waals surface area contributed by atoms with Crippen LogP contribution in [0.2, 0.25) is 5.02 Å². The lowest BCUT2D eigenvalue weighted by atomic mass is 10.1. The van der Waals surface area contributed by atoms with Gasteiger partial charge in [-0.2, -0.15) is 0 Å². The van der Waals surface area contributed by atoms with Gasteiger partial charge in [-0.3, -0.25) is 0 Å². The summed E-state index contributed by atoms with van der Waals surface area (Å²) in [6.07, 6.45) is 0. The number of nitrogens with zero attached hydrogens (tertiary/aromatic N) is 2. The molecule has 0 saturated carbocycles. The summed E-state index contributed by atoms with van der Waals surface area (Å²) in [4.78, 5) is 0. The fraction of sp³-hybridized carbons (Fsp3) is 0.0476. The zero-order valence-corrected chi connectivity index (χ0v) is 14.9. The monoisotopic (exact) mass is 379 g/mol. The lowest BCUT2D eigenvalue weighted by Crippen LogP contribution is -2.13. The van der Waals surface area contributed by atoms with Gasteiger partial charge in [-0.15, -0.1) is 10.2 Å². The number of halogens is 2. The van der Waals surface area contributed by atoms with Crippen LogP contribution in [0.15, 0.2) is 83.3 Å².